The van der Waals surface area contributed by atoms with Gasteiger partial charge < -0.3 is 18.0 Å². The number of hydrogen-bond donors (Lipinski definition) is 0. The van der Waals surface area contributed by atoms with E-state index in [1.165, 1.54) is 54.7 Å². The highest BCUT2D eigenvalue weighted by Gasteiger charge is 2.22. The number of fused-ring (bicyclic) bond motifs is 13. The van der Waals surface area contributed by atoms with Crippen LogP contribution >= 0.6 is 0 Å². The van der Waals surface area contributed by atoms with Gasteiger partial charge in [-0.15, -0.1) is 0 Å². The third-order valence-electron chi connectivity index (χ3n) is 12.1. The third kappa shape index (κ3) is 4.34. The molecule has 0 N–H and O–H groups in total. The molecular formula is C54H32N2O2. The number of nitrogens with zero attached hydrogens (tertiary/aromatic N) is 2. The van der Waals surface area contributed by atoms with Crippen LogP contribution in [-0.4, -0.2) is 9.13 Å². The molecule has 4 aromatic heterocycles. The number of para-hydroxylation sites is 4. The molecule has 0 radical (unpaired) electrons. The fourth-order valence-electron chi connectivity index (χ4n) is 9.63. The van der Waals surface area contributed by atoms with Gasteiger partial charge in [0.15, 0.2) is 0 Å². The van der Waals surface area contributed by atoms with Crippen molar-refractivity contribution in [3.05, 3.63) is 194 Å². The van der Waals surface area contributed by atoms with Gasteiger partial charge in [0.05, 0.1) is 22.1 Å². The predicted molar refractivity (Wildman–Crippen MR) is 241 cm³/mol. The van der Waals surface area contributed by atoms with Crippen LogP contribution in [0, 0.1) is 0 Å². The number of furan rings is 2. The van der Waals surface area contributed by atoms with Gasteiger partial charge >= 0.3 is 0 Å². The zero-order valence-corrected chi connectivity index (χ0v) is 31.2. The van der Waals surface area contributed by atoms with E-state index in [0.717, 1.165) is 66.4 Å². The maximum Gasteiger partial charge on any atom is 0.143 e. The smallest absolute Gasteiger partial charge is 0.143 e. The fourth-order valence-corrected chi connectivity index (χ4v) is 9.63. The normalized spacial score (nSPS) is 12.1. The van der Waals surface area contributed by atoms with Gasteiger partial charge in [0.25, 0.3) is 0 Å². The van der Waals surface area contributed by atoms with Crippen LogP contribution in [-0.2, 0) is 0 Å². The molecule has 0 bridgehead atoms. The van der Waals surface area contributed by atoms with Gasteiger partial charge in [0, 0.05) is 60.0 Å². The Kier molecular flexibility index (Phi) is 6.41. The highest BCUT2D eigenvalue weighted by atomic mass is 16.3. The number of benzene rings is 9. The lowest BCUT2D eigenvalue weighted by molar-refractivity contribution is 0.668. The van der Waals surface area contributed by atoms with Gasteiger partial charge in [-0.3, -0.25) is 0 Å². The first-order valence-electron chi connectivity index (χ1n) is 19.8. The standard InChI is InChI=1S/C54H32N2O2/c1-2-12-33(13-3-1)34-24-26-35(27-25-34)55-46-21-8-5-15-42(46)52-47(55)30-29-39-37-14-4-7-20-45(37)56(53(39)52)36-28-31-49-44(32-36)41-19-10-18-40(54(41)58-49)38-17-11-23-50-51(38)43-16-6-9-22-48(43)57-50/h1-32H. The molecule has 4 heterocycles. The van der Waals surface area contributed by atoms with Crippen molar-refractivity contribution in [2.45, 2.75) is 0 Å². The van der Waals surface area contributed by atoms with Crippen LogP contribution in [0.5, 0.6) is 0 Å². The largest absolute Gasteiger partial charge is 0.456 e. The second-order valence-electron chi connectivity index (χ2n) is 15.2. The van der Waals surface area contributed by atoms with Crippen molar-refractivity contribution in [2.75, 3.05) is 0 Å². The van der Waals surface area contributed by atoms with Gasteiger partial charge in [0.2, 0.25) is 0 Å². The van der Waals surface area contributed by atoms with E-state index in [4.69, 9.17) is 8.83 Å². The first-order valence-corrected chi connectivity index (χ1v) is 19.8. The minimum Gasteiger partial charge on any atom is -0.456 e. The summed E-state index contributed by atoms with van der Waals surface area (Å²) in [5, 5.41) is 9.28. The molecule has 0 unspecified atom stereocenters. The molecule has 9 aromatic carbocycles. The maximum absolute atomic E-state index is 6.80. The summed E-state index contributed by atoms with van der Waals surface area (Å²) in [6, 6.07) is 69.4. The summed E-state index contributed by atoms with van der Waals surface area (Å²) >= 11 is 0. The summed E-state index contributed by atoms with van der Waals surface area (Å²) < 4.78 is 18.0. The minimum absolute atomic E-state index is 0.858. The molecular weight excluding hydrogens is 709 g/mol. The minimum atomic E-state index is 0.858. The Labute approximate surface area is 332 Å². The Morgan fingerprint density at radius 1 is 0.310 bits per heavy atom. The van der Waals surface area contributed by atoms with E-state index in [0.29, 0.717) is 0 Å². The fraction of sp³-hybridized carbons (Fsp3) is 0. The lowest BCUT2D eigenvalue weighted by Gasteiger charge is -2.11. The van der Waals surface area contributed by atoms with E-state index in [1.807, 2.05) is 18.2 Å². The van der Waals surface area contributed by atoms with Gasteiger partial charge in [-0.05, 0) is 77.4 Å². The van der Waals surface area contributed by atoms with Crippen molar-refractivity contribution in [3.8, 4) is 33.6 Å². The zero-order valence-electron chi connectivity index (χ0n) is 31.2. The highest BCUT2D eigenvalue weighted by molar-refractivity contribution is 6.26. The summed E-state index contributed by atoms with van der Waals surface area (Å²) in [6.45, 7) is 0. The summed E-state index contributed by atoms with van der Waals surface area (Å²) in [5.74, 6) is 0. The number of hydrogen-bond acceptors (Lipinski definition) is 2. The first-order chi connectivity index (χ1) is 28.8. The lowest BCUT2D eigenvalue weighted by atomic mass is 9.97. The summed E-state index contributed by atoms with van der Waals surface area (Å²) in [5.41, 5.74) is 15.0. The summed E-state index contributed by atoms with van der Waals surface area (Å²) in [7, 11) is 0. The Morgan fingerprint density at radius 3 is 1.81 bits per heavy atom. The topological polar surface area (TPSA) is 36.1 Å². The predicted octanol–water partition coefficient (Wildman–Crippen LogP) is 15.0. The molecule has 0 aliphatic carbocycles. The van der Waals surface area contributed by atoms with Crippen molar-refractivity contribution < 1.29 is 8.83 Å². The molecule has 270 valence electrons. The van der Waals surface area contributed by atoms with Gasteiger partial charge in [-0.25, -0.2) is 0 Å². The van der Waals surface area contributed by atoms with Crippen molar-refractivity contribution in [3.63, 3.8) is 0 Å². The number of aromatic nitrogens is 2. The van der Waals surface area contributed by atoms with Crippen LogP contribution in [0.2, 0.25) is 0 Å². The molecule has 0 atom stereocenters. The van der Waals surface area contributed by atoms with Crippen LogP contribution in [0.4, 0.5) is 0 Å². The highest BCUT2D eigenvalue weighted by Crippen LogP contribution is 2.45. The van der Waals surface area contributed by atoms with Crippen molar-refractivity contribution >= 4 is 87.5 Å². The van der Waals surface area contributed by atoms with E-state index < -0.39 is 0 Å². The Hall–Kier alpha value is -7.82. The van der Waals surface area contributed by atoms with Gasteiger partial charge in [0.1, 0.15) is 22.3 Å². The molecule has 0 aliphatic heterocycles. The second-order valence-corrected chi connectivity index (χ2v) is 15.2. The third-order valence-corrected chi connectivity index (χ3v) is 12.1. The average Bonchev–Trinajstić information content (AvgIpc) is 4.04. The van der Waals surface area contributed by atoms with Gasteiger partial charge in [-0.1, -0.05) is 133 Å². The van der Waals surface area contributed by atoms with Crippen LogP contribution in [0.1, 0.15) is 0 Å². The molecule has 0 amide bonds. The van der Waals surface area contributed by atoms with Crippen molar-refractivity contribution in [2.24, 2.45) is 0 Å². The molecule has 13 rings (SSSR count). The van der Waals surface area contributed by atoms with E-state index >= 15 is 0 Å². The van der Waals surface area contributed by atoms with Crippen molar-refractivity contribution in [1.29, 1.82) is 0 Å². The van der Waals surface area contributed by atoms with Crippen molar-refractivity contribution in [1.82, 2.24) is 9.13 Å². The van der Waals surface area contributed by atoms with E-state index in [9.17, 15) is 0 Å². The molecule has 58 heavy (non-hydrogen) atoms. The Balaban J connectivity index is 1.06. The van der Waals surface area contributed by atoms with Crippen LogP contribution < -0.4 is 0 Å². The van der Waals surface area contributed by atoms with Crippen LogP contribution in [0.25, 0.3) is 121 Å². The first kappa shape index (κ1) is 31.4. The monoisotopic (exact) mass is 740 g/mol. The molecule has 0 fully saturated rings. The maximum atomic E-state index is 6.80. The zero-order chi connectivity index (χ0) is 37.9. The quantitative estimate of drug-likeness (QED) is 0.180. The second kappa shape index (κ2) is 11.8. The molecule has 0 aliphatic rings. The Morgan fingerprint density at radius 2 is 0.948 bits per heavy atom. The van der Waals surface area contributed by atoms with Crippen LogP contribution in [0.15, 0.2) is 203 Å². The summed E-state index contributed by atoms with van der Waals surface area (Å²) in [4.78, 5) is 0. The SMILES string of the molecule is c1ccc(-c2ccc(-n3c4ccccc4c4c3ccc3c5ccccc5n(-c5ccc6oc7c(-c8cccc9oc%10ccccc%10c89)cccc7c6c5)c34)cc2)cc1. The molecule has 4 nitrogen and oxygen atoms in total. The lowest BCUT2D eigenvalue weighted by Crippen LogP contribution is -1.95. The molecule has 0 saturated carbocycles. The average molecular weight is 741 g/mol. The van der Waals surface area contributed by atoms with E-state index in [1.54, 1.807) is 0 Å². The van der Waals surface area contributed by atoms with E-state index in [-0.39, 0.29) is 0 Å². The molecule has 0 spiro atoms. The van der Waals surface area contributed by atoms with Gasteiger partial charge in [-0.2, -0.15) is 0 Å². The number of rotatable bonds is 4. The van der Waals surface area contributed by atoms with E-state index in [2.05, 4.69) is 185 Å². The Bertz CT molecular complexity index is 3780. The molecule has 13 aromatic rings. The molecule has 4 heteroatoms. The van der Waals surface area contributed by atoms with Crippen LogP contribution in [0.3, 0.4) is 0 Å². The summed E-state index contributed by atoms with van der Waals surface area (Å²) in [6.07, 6.45) is 0. The molecule has 0 saturated heterocycles.